The van der Waals surface area contributed by atoms with Crippen LogP contribution in [0.4, 0.5) is 0 Å². The van der Waals surface area contributed by atoms with Crippen molar-refractivity contribution in [1.29, 1.82) is 0 Å². The second-order valence-electron chi connectivity index (χ2n) is 6.14. The summed E-state index contributed by atoms with van der Waals surface area (Å²) in [6.45, 7) is 7.77. The van der Waals surface area contributed by atoms with Crippen molar-refractivity contribution in [2.45, 2.75) is 47.8 Å². The molecule has 3 atom stereocenters. The third-order valence-corrected chi connectivity index (χ3v) is 6.08. The Hall–Kier alpha value is 1.07. The molecule has 108 valence electrons. The first-order chi connectivity index (χ1) is 8.66. The highest BCUT2D eigenvalue weighted by atomic mass is 80.0. The molecule has 2 bridgehead atoms. The Morgan fingerprint density at radius 3 is 2.42 bits per heavy atom. The highest BCUT2D eigenvalue weighted by Crippen LogP contribution is 2.55. The minimum absolute atomic E-state index is 0.0997. The Morgan fingerprint density at radius 2 is 2.00 bits per heavy atom. The zero-order chi connectivity index (χ0) is 14.4. The summed E-state index contributed by atoms with van der Waals surface area (Å²) in [5, 5.41) is 0. The largest absolute Gasteiger partial charge is 0.360 e. The zero-order valence-electron chi connectivity index (χ0n) is 11.2. The Bertz CT molecular complexity index is 362. The van der Waals surface area contributed by atoms with Gasteiger partial charge in [0.25, 0.3) is 0 Å². The fourth-order valence-electron chi connectivity index (χ4n) is 2.81. The molecule has 0 spiro atoms. The molecule has 0 aromatic heterocycles. The van der Waals surface area contributed by atoms with Gasteiger partial charge in [0, 0.05) is 11.3 Å². The molecular weight excluding hydrogens is 440 g/mol. The standard InChI is InChI=1S/C14H19Br3O2/c1-4-13(2,3)12(18)11-8-5-6-10(19-11)9(7-8)14(15,16)17/h8-10H,1,4-7H2,2-3H3. The Balaban J connectivity index is 2.12. The lowest BCUT2D eigenvalue weighted by Crippen LogP contribution is -2.50. The van der Waals surface area contributed by atoms with Crippen molar-refractivity contribution in [2.24, 2.45) is 17.3 Å². The number of halogens is 3. The predicted octanol–water partition coefficient (Wildman–Crippen LogP) is 4.99. The molecule has 1 aliphatic carbocycles. The van der Waals surface area contributed by atoms with Gasteiger partial charge in [-0.2, -0.15) is 0 Å². The number of carbonyl (C=O) groups is 1. The molecule has 3 rings (SSSR count). The fraction of sp³-hybridized carbons (Fsp3) is 0.786. The third kappa shape index (κ3) is 3.29. The molecule has 2 radical (unpaired) electrons. The minimum atomic E-state index is -0.420. The van der Waals surface area contributed by atoms with E-state index in [1.807, 2.05) is 13.8 Å². The van der Waals surface area contributed by atoms with Gasteiger partial charge in [-0.1, -0.05) is 68.6 Å². The van der Waals surface area contributed by atoms with Crippen molar-refractivity contribution in [1.82, 2.24) is 0 Å². The highest BCUT2D eigenvalue weighted by Gasteiger charge is 2.53. The van der Waals surface area contributed by atoms with Gasteiger partial charge in [0.15, 0.2) is 11.9 Å². The maximum Gasteiger partial charge on any atom is 0.173 e. The van der Waals surface area contributed by atoms with Crippen LogP contribution in [0.2, 0.25) is 0 Å². The van der Waals surface area contributed by atoms with Crippen LogP contribution in [-0.4, -0.2) is 14.0 Å². The molecule has 2 nitrogen and oxygen atoms in total. The van der Waals surface area contributed by atoms with Gasteiger partial charge >= 0.3 is 0 Å². The van der Waals surface area contributed by atoms with E-state index < -0.39 is 5.41 Å². The summed E-state index contributed by atoms with van der Waals surface area (Å²) >= 11 is 10.8. The summed E-state index contributed by atoms with van der Waals surface area (Å²) in [5.41, 5.74) is -0.420. The summed E-state index contributed by atoms with van der Waals surface area (Å²) in [6, 6.07) is 0. The molecule has 2 saturated heterocycles. The summed E-state index contributed by atoms with van der Waals surface area (Å²) in [5.74, 6) is 0.714. The summed E-state index contributed by atoms with van der Waals surface area (Å²) in [7, 11) is 0. The zero-order valence-corrected chi connectivity index (χ0v) is 16.0. The first kappa shape index (κ1) is 16.4. The predicted molar refractivity (Wildman–Crippen MR) is 87.2 cm³/mol. The van der Waals surface area contributed by atoms with Crippen molar-refractivity contribution in [2.75, 3.05) is 0 Å². The molecule has 2 aliphatic heterocycles. The molecule has 1 saturated carbocycles. The second-order valence-corrected chi connectivity index (χ2v) is 13.1. The number of hydrogen-bond acceptors (Lipinski definition) is 2. The van der Waals surface area contributed by atoms with E-state index in [0.29, 0.717) is 18.4 Å². The van der Waals surface area contributed by atoms with Gasteiger partial charge in [-0.25, -0.2) is 0 Å². The molecule has 19 heavy (non-hydrogen) atoms. The van der Waals surface area contributed by atoms with E-state index in [9.17, 15) is 4.79 Å². The van der Waals surface area contributed by atoms with E-state index >= 15 is 0 Å². The van der Waals surface area contributed by atoms with Crippen LogP contribution in [0.3, 0.4) is 0 Å². The van der Waals surface area contributed by atoms with Gasteiger partial charge in [-0.3, -0.25) is 4.79 Å². The van der Waals surface area contributed by atoms with Gasteiger partial charge in [0.1, 0.15) is 2.14 Å². The van der Waals surface area contributed by atoms with Crippen molar-refractivity contribution in [3.05, 3.63) is 13.0 Å². The van der Waals surface area contributed by atoms with Crippen LogP contribution in [0.1, 0.15) is 39.5 Å². The monoisotopic (exact) mass is 456 g/mol. The van der Waals surface area contributed by atoms with Crippen molar-refractivity contribution >= 4 is 53.6 Å². The Kier molecular flexibility index (Phi) is 4.93. The third-order valence-electron chi connectivity index (χ3n) is 4.32. The van der Waals surface area contributed by atoms with Crippen LogP contribution in [-0.2, 0) is 9.53 Å². The van der Waals surface area contributed by atoms with Crippen LogP contribution in [0.15, 0.2) is 0 Å². The maximum absolute atomic E-state index is 12.6. The van der Waals surface area contributed by atoms with E-state index in [-0.39, 0.29) is 19.9 Å². The number of alkyl halides is 3. The number of Topliss-reactive ketones (excluding diaryl/α,β-unsaturated/α-hetero) is 1. The molecule has 5 heteroatoms. The van der Waals surface area contributed by atoms with E-state index in [2.05, 4.69) is 54.7 Å². The number of hydrogen-bond donors (Lipinski definition) is 0. The number of rotatable bonds is 3. The van der Waals surface area contributed by atoms with Gasteiger partial charge in [-0.05, 0) is 31.6 Å². The van der Waals surface area contributed by atoms with Crippen LogP contribution in [0.5, 0.6) is 0 Å². The second kappa shape index (κ2) is 5.69. The number of fused-ring (bicyclic) bond motifs is 3. The number of ketones is 1. The first-order valence-electron chi connectivity index (χ1n) is 6.61. The highest BCUT2D eigenvalue weighted by molar-refractivity contribution is 9.39. The topological polar surface area (TPSA) is 26.3 Å². The molecule has 0 aromatic rings. The Labute approximate surface area is 140 Å². The maximum atomic E-state index is 12.6. The lowest BCUT2D eigenvalue weighted by molar-refractivity contribution is -0.149. The molecule has 3 aliphatic rings. The van der Waals surface area contributed by atoms with Crippen molar-refractivity contribution < 1.29 is 9.53 Å². The van der Waals surface area contributed by atoms with Crippen molar-refractivity contribution in [3.63, 3.8) is 0 Å². The van der Waals surface area contributed by atoms with Crippen LogP contribution < -0.4 is 0 Å². The van der Waals surface area contributed by atoms with E-state index in [0.717, 1.165) is 19.3 Å². The summed E-state index contributed by atoms with van der Waals surface area (Å²) in [6.07, 6.45) is 4.43. The fourth-order valence-corrected chi connectivity index (χ4v) is 4.26. The van der Waals surface area contributed by atoms with E-state index in [1.54, 1.807) is 0 Å². The SMILES string of the molecule is [CH2]CC(C)(C)C(=O)[C]1OC2CCC1CC2C(Br)(Br)Br. The number of carbonyl (C=O) groups excluding carboxylic acids is 1. The number of ether oxygens (including phenoxy) is 1. The molecule has 3 unspecified atom stereocenters. The molecule has 2 heterocycles. The molecular formula is C14H19Br3O2. The van der Waals surface area contributed by atoms with Gasteiger partial charge in [-0.15, -0.1) is 0 Å². The summed E-state index contributed by atoms with van der Waals surface area (Å²) in [4.78, 5) is 12.6. The minimum Gasteiger partial charge on any atom is -0.360 e. The van der Waals surface area contributed by atoms with Crippen LogP contribution in [0.25, 0.3) is 0 Å². The molecule has 0 aromatic carbocycles. The van der Waals surface area contributed by atoms with E-state index in [4.69, 9.17) is 4.74 Å². The lowest BCUT2D eigenvalue weighted by atomic mass is 9.69. The van der Waals surface area contributed by atoms with E-state index in [1.165, 1.54) is 0 Å². The smallest absolute Gasteiger partial charge is 0.173 e. The Morgan fingerprint density at radius 1 is 1.37 bits per heavy atom. The lowest BCUT2D eigenvalue weighted by Gasteiger charge is -2.49. The summed E-state index contributed by atoms with van der Waals surface area (Å²) < 4.78 is 5.72. The average molecular weight is 459 g/mol. The van der Waals surface area contributed by atoms with Gasteiger partial charge in [0.05, 0.1) is 6.10 Å². The van der Waals surface area contributed by atoms with Crippen LogP contribution >= 0.6 is 47.8 Å². The first-order valence-corrected chi connectivity index (χ1v) is 8.99. The van der Waals surface area contributed by atoms with Crippen LogP contribution in [0, 0.1) is 30.3 Å². The van der Waals surface area contributed by atoms with Gasteiger partial charge in [0.2, 0.25) is 0 Å². The van der Waals surface area contributed by atoms with Crippen molar-refractivity contribution in [3.8, 4) is 0 Å². The quantitative estimate of drug-likeness (QED) is 0.557. The molecule has 3 fully saturated rings. The molecule has 0 N–H and O–H groups in total. The normalized spacial score (nSPS) is 32.6. The van der Waals surface area contributed by atoms with Gasteiger partial charge < -0.3 is 4.74 Å². The average Bonchev–Trinajstić information content (AvgIpc) is 2.37. The molecule has 0 amide bonds.